The van der Waals surface area contributed by atoms with Gasteiger partial charge in [-0.2, -0.15) is 0 Å². The minimum absolute atomic E-state index is 1.12. The third-order valence-corrected chi connectivity index (χ3v) is 11.8. The van der Waals surface area contributed by atoms with E-state index in [0.717, 1.165) is 8.87 Å². The smallest absolute Gasteiger partial charge is 0.0654 e. The summed E-state index contributed by atoms with van der Waals surface area (Å²) in [4.78, 5) is 0. The van der Waals surface area contributed by atoms with Crippen molar-refractivity contribution in [1.82, 2.24) is 0 Å². The van der Waals surface area contributed by atoms with Gasteiger partial charge in [-0.25, -0.2) is 0 Å². The summed E-state index contributed by atoms with van der Waals surface area (Å²) in [5.41, 5.74) is 0. The van der Waals surface area contributed by atoms with E-state index in [1.54, 1.807) is 0 Å². The van der Waals surface area contributed by atoms with Gasteiger partial charge < -0.3 is 0 Å². The third-order valence-electron chi connectivity index (χ3n) is 6.62. The first-order chi connectivity index (χ1) is 14.8. The summed E-state index contributed by atoms with van der Waals surface area (Å²) in [5.74, 6) is 0. The number of rotatable bonds is 26. The van der Waals surface area contributed by atoms with Gasteiger partial charge in [-0.05, 0) is 0 Å². The Bertz CT molecular complexity index is 299. The molecule has 2 heteroatoms. The number of hydrogen-bond donors (Lipinski definition) is 0. The average Bonchev–Trinajstić information content (AvgIpc) is 2.75. The van der Waals surface area contributed by atoms with Crippen molar-refractivity contribution in [3.8, 4) is 0 Å². The van der Waals surface area contributed by atoms with Gasteiger partial charge in [0.2, 0.25) is 0 Å². The summed E-state index contributed by atoms with van der Waals surface area (Å²) in [7, 11) is 0. The minimum Gasteiger partial charge on any atom is -0.0654 e. The van der Waals surface area contributed by atoms with E-state index in [2.05, 4.69) is 13.8 Å². The fourth-order valence-corrected chi connectivity index (χ4v) is 8.84. The van der Waals surface area contributed by atoms with Crippen molar-refractivity contribution in [1.29, 1.82) is 0 Å². The Balaban J connectivity index is 3.14. The zero-order valence-corrected chi connectivity index (χ0v) is 24.1. The van der Waals surface area contributed by atoms with Crippen LogP contribution in [0.2, 0.25) is 8.87 Å². The molecule has 0 spiro atoms. The molecule has 0 saturated carbocycles. The normalized spacial score (nSPS) is 11.3. The van der Waals surface area contributed by atoms with Gasteiger partial charge in [0.25, 0.3) is 0 Å². The molecule has 0 N–H and O–H groups in total. The molecule has 30 heavy (non-hydrogen) atoms. The van der Waals surface area contributed by atoms with Crippen LogP contribution in [0, 0.1) is 0 Å². The Morgan fingerprint density at radius 1 is 0.333 bits per heavy atom. The van der Waals surface area contributed by atoms with Gasteiger partial charge in [0, 0.05) is 0 Å². The topological polar surface area (TPSA) is 17.1 Å². The number of hydrogen-bond acceptors (Lipinski definition) is 1. The first kappa shape index (κ1) is 30.6. The second-order valence-electron chi connectivity index (χ2n) is 9.82. The van der Waals surface area contributed by atoms with Gasteiger partial charge in [-0.1, -0.05) is 26.7 Å². The first-order valence-electron chi connectivity index (χ1n) is 14.3. The van der Waals surface area contributed by atoms with Crippen LogP contribution in [0.1, 0.15) is 168 Å². The third kappa shape index (κ3) is 26.6. The van der Waals surface area contributed by atoms with Crippen LogP contribution in [0.25, 0.3) is 0 Å². The van der Waals surface area contributed by atoms with E-state index < -0.39 is 19.7 Å². The van der Waals surface area contributed by atoms with Gasteiger partial charge in [-0.3, -0.25) is 0 Å². The molecule has 0 aliphatic carbocycles. The average molecular weight is 529 g/mol. The summed E-state index contributed by atoms with van der Waals surface area (Å²) in [5, 5.41) is 0. The van der Waals surface area contributed by atoms with E-state index >= 15 is 0 Å². The van der Waals surface area contributed by atoms with Gasteiger partial charge in [0.1, 0.15) is 0 Å². The Morgan fingerprint density at radius 2 is 0.533 bits per heavy atom. The van der Waals surface area contributed by atoms with Crippen LogP contribution in [0.15, 0.2) is 0 Å². The molecule has 0 aromatic rings. The van der Waals surface area contributed by atoms with Crippen LogP contribution in [0.3, 0.4) is 0 Å². The minimum atomic E-state index is -2.18. The molecule has 0 aromatic carbocycles. The van der Waals surface area contributed by atoms with E-state index in [0.29, 0.717) is 0 Å². The molecular weight excluding hydrogens is 471 g/mol. The van der Waals surface area contributed by atoms with E-state index in [4.69, 9.17) is 0 Å². The van der Waals surface area contributed by atoms with Crippen molar-refractivity contribution in [2.75, 3.05) is 0 Å². The molecule has 0 heterocycles. The maximum atomic E-state index is 12.3. The van der Waals surface area contributed by atoms with Crippen LogP contribution in [-0.4, -0.2) is 19.7 Å². The van der Waals surface area contributed by atoms with Crippen molar-refractivity contribution >= 4 is 19.7 Å². The SMILES string of the molecule is CCCCCCCCCCCCC[CH2][Sn](=[O])[CH2]CCCCCCCCCCCCC. The second-order valence-corrected chi connectivity index (χ2v) is 15.7. The van der Waals surface area contributed by atoms with Crippen molar-refractivity contribution in [3.63, 3.8) is 0 Å². The summed E-state index contributed by atoms with van der Waals surface area (Å²) < 4.78 is 14.5. The van der Waals surface area contributed by atoms with Crippen LogP contribution in [0.4, 0.5) is 0 Å². The summed E-state index contributed by atoms with van der Waals surface area (Å²) in [6.45, 7) is 4.58. The monoisotopic (exact) mass is 530 g/mol. The summed E-state index contributed by atoms with van der Waals surface area (Å²) >= 11 is -2.18. The van der Waals surface area contributed by atoms with Gasteiger partial charge >= 0.3 is 173 Å². The Hall–Kier alpha value is 0.599. The predicted octanol–water partition coefficient (Wildman–Crippen LogP) is 10.8. The van der Waals surface area contributed by atoms with E-state index in [1.165, 1.54) is 154 Å². The standard InChI is InChI=1S/2C14H29.O.Sn/c2*1-3-5-7-9-11-13-14-12-10-8-6-4-2;;/h2*1,3-14H2,2H3;;. The Kier molecular flexibility index (Phi) is 28.2. The van der Waals surface area contributed by atoms with Crippen LogP contribution in [-0.2, 0) is 3.08 Å². The predicted molar refractivity (Wildman–Crippen MR) is 138 cm³/mol. The van der Waals surface area contributed by atoms with Crippen molar-refractivity contribution < 1.29 is 3.08 Å². The van der Waals surface area contributed by atoms with Crippen molar-refractivity contribution in [2.24, 2.45) is 0 Å². The van der Waals surface area contributed by atoms with E-state index in [9.17, 15) is 3.08 Å². The fraction of sp³-hybridized carbons (Fsp3) is 1.00. The zero-order chi connectivity index (χ0) is 22.0. The molecule has 0 fully saturated rings. The maximum absolute atomic E-state index is 12.3. The first-order valence-corrected chi connectivity index (χ1v) is 19.5. The summed E-state index contributed by atoms with van der Waals surface area (Å²) in [6, 6.07) is 0. The molecule has 0 radical (unpaired) electrons. The van der Waals surface area contributed by atoms with Crippen LogP contribution >= 0.6 is 0 Å². The molecule has 0 unspecified atom stereocenters. The van der Waals surface area contributed by atoms with Gasteiger partial charge in [0.15, 0.2) is 0 Å². The zero-order valence-electron chi connectivity index (χ0n) is 21.3. The molecule has 0 aliphatic heterocycles. The van der Waals surface area contributed by atoms with Crippen molar-refractivity contribution in [2.45, 2.75) is 177 Å². The fourth-order valence-electron chi connectivity index (χ4n) is 4.45. The molecular formula is C28H58OSn. The molecule has 0 amide bonds. The molecule has 0 saturated heterocycles. The Morgan fingerprint density at radius 3 is 0.767 bits per heavy atom. The molecule has 0 atom stereocenters. The molecule has 0 aromatic heterocycles. The van der Waals surface area contributed by atoms with Gasteiger partial charge in [0.05, 0.1) is 0 Å². The van der Waals surface area contributed by atoms with Crippen LogP contribution in [0.5, 0.6) is 0 Å². The molecule has 0 bridgehead atoms. The summed E-state index contributed by atoms with van der Waals surface area (Å²) in [6.07, 6.45) is 33.6. The van der Waals surface area contributed by atoms with Gasteiger partial charge in [-0.15, -0.1) is 0 Å². The quantitative estimate of drug-likeness (QED) is 0.0805. The van der Waals surface area contributed by atoms with Crippen LogP contribution < -0.4 is 0 Å². The molecule has 0 rings (SSSR count). The second kappa shape index (κ2) is 27.6. The van der Waals surface area contributed by atoms with E-state index in [-0.39, 0.29) is 0 Å². The van der Waals surface area contributed by atoms with E-state index in [1.807, 2.05) is 0 Å². The Labute approximate surface area is 199 Å². The number of unbranched alkanes of at least 4 members (excludes halogenated alkanes) is 22. The van der Waals surface area contributed by atoms with Crippen molar-refractivity contribution in [3.05, 3.63) is 0 Å². The molecule has 0 aliphatic rings. The molecule has 180 valence electrons. The molecule has 1 nitrogen and oxygen atoms in total.